The molecule has 1 heterocycles. The van der Waals surface area contributed by atoms with E-state index in [1.54, 1.807) is 19.2 Å². The lowest BCUT2D eigenvalue weighted by Crippen LogP contribution is -2.00. The molecule has 0 aliphatic heterocycles. The number of aliphatic hydroxyl groups excluding tert-OH is 1. The second-order valence-corrected chi connectivity index (χ2v) is 4.99. The van der Waals surface area contributed by atoms with E-state index in [2.05, 4.69) is 4.98 Å². The summed E-state index contributed by atoms with van der Waals surface area (Å²) in [7, 11) is 1.57. The average molecular weight is 288 g/mol. The molecule has 2 N–H and O–H groups in total. The van der Waals surface area contributed by atoms with Crippen molar-refractivity contribution in [1.82, 2.24) is 4.98 Å². The van der Waals surface area contributed by atoms with E-state index >= 15 is 0 Å². The van der Waals surface area contributed by atoms with E-state index < -0.39 is 6.10 Å². The summed E-state index contributed by atoms with van der Waals surface area (Å²) in [5, 5.41) is 12.1. The Bertz CT molecular complexity index is 751. The van der Waals surface area contributed by atoms with Crippen LogP contribution < -0.4 is 4.74 Å². The molecule has 3 aromatic rings. The van der Waals surface area contributed by atoms with Crippen molar-refractivity contribution in [3.8, 4) is 5.75 Å². The van der Waals surface area contributed by atoms with Gasteiger partial charge in [0.05, 0.1) is 12.1 Å². The van der Waals surface area contributed by atoms with E-state index in [9.17, 15) is 5.11 Å². The van der Waals surface area contributed by atoms with Gasteiger partial charge in [0.25, 0.3) is 0 Å². The normalized spacial score (nSPS) is 12.6. The number of nitrogens with one attached hydrogen (secondary N) is 1. The number of ether oxygens (including phenoxy) is 1. The number of rotatable bonds is 3. The second kappa shape index (κ2) is 5.19. The van der Waals surface area contributed by atoms with Gasteiger partial charge >= 0.3 is 0 Å². The molecular formula is C16H14ClNO2. The van der Waals surface area contributed by atoms with Gasteiger partial charge in [0, 0.05) is 17.1 Å². The average Bonchev–Trinajstić information content (AvgIpc) is 2.94. The van der Waals surface area contributed by atoms with Gasteiger partial charge in [-0.2, -0.15) is 0 Å². The number of hydrogen-bond acceptors (Lipinski definition) is 2. The third-order valence-electron chi connectivity index (χ3n) is 3.41. The first-order valence-corrected chi connectivity index (χ1v) is 6.66. The van der Waals surface area contributed by atoms with Crippen molar-refractivity contribution >= 4 is 22.5 Å². The van der Waals surface area contributed by atoms with E-state index in [0.717, 1.165) is 22.0 Å². The van der Waals surface area contributed by atoms with Crippen LogP contribution >= 0.6 is 11.6 Å². The molecule has 0 saturated carbocycles. The summed E-state index contributed by atoms with van der Waals surface area (Å²) < 4.78 is 5.12. The van der Waals surface area contributed by atoms with E-state index in [1.165, 1.54) is 0 Å². The highest BCUT2D eigenvalue weighted by Gasteiger charge is 2.15. The van der Waals surface area contributed by atoms with Crippen molar-refractivity contribution in [1.29, 1.82) is 0 Å². The molecule has 102 valence electrons. The lowest BCUT2D eigenvalue weighted by Gasteiger charge is -2.14. The Kier molecular flexibility index (Phi) is 3.38. The number of benzene rings is 2. The molecule has 1 atom stereocenters. The maximum absolute atomic E-state index is 10.6. The highest BCUT2D eigenvalue weighted by Crippen LogP contribution is 2.32. The Morgan fingerprint density at radius 2 is 2.05 bits per heavy atom. The zero-order valence-electron chi connectivity index (χ0n) is 10.9. The van der Waals surface area contributed by atoms with Gasteiger partial charge in [-0.3, -0.25) is 0 Å². The van der Waals surface area contributed by atoms with Crippen molar-refractivity contribution in [2.24, 2.45) is 0 Å². The lowest BCUT2D eigenvalue weighted by atomic mass is 9.98. The SMILES string of the molecule is COc1ccc(C(O)c2cccc3[nH]ccc23)cc1Cl. The van der Waals surface area contributed by atoms with E-state index in [0.29, 0.717) is 10.8 Å². The molecule has 0 aliphatic rings. The van der Waals surface area contributed by atoms with Crippen LogP contribution in [-0.2, 0) is 0 Å². The molecule has 1 aromatic heterocycles. The maximum atomic E-state index is 10.6. The Balaban J connectivity index is 2.06. The molecule has 0 fully saturated rings. The zero-order chi connectivity index (χ0) is 14.1. The molecule has 0 radical (unpaired) electrons. The highest BCUT2D eigenvalue weighted by molar-refractivity contribution is 6.32. The van der Waals surface area contributed by atoms with Crippen LogP contribution in [0, 0.1) is 0 Å². The first kappa shape index (κ1) is 13.0. The van der Waals surface area contributed by atoms with Crippen molar-refractivity contribution < 1.29 is 9.84 Å². The molecular weight excluding hydrogens is 274 g/mol. The zero-order valence-corrected chi connectivity index (χ0v) is 11.7. The maximum Gasteiger partial charge on any atom is 0.137 e. The van der Waals surface area contributed by atoms with Crippen LogP contribution in [0.3, 0.4) is 0 Å². The summed E-state index contributed by atoms with van der Waals surface area (Å²) in [6.07, 6.45) is 1.14. The highest BCUT2D eigenvalue weighted by atomic mass is 35.5. The molecule has 0 bridgehead atoms. The summed E-state index contributed by atoms with van der Waals surface area (Å²) in [5.74, 6) is 0.600. The van der Waals surface area contributed by atoms with Crippen LogP contribution in [-0.4, -0.2) is 17.2 Å². The molecule has 3 nitrogen and oxygen atoms in total. The van der Waals surface area contributed by atoms with Crippen LogP contribution in [0.15, 0.2) is 48.7 Å². The molecule has 0 amide bonds. The van der Waals surface area contributed by atoms with E-state index in [4.69, 9.17) is 16.3 Å². The standard InChI is InChI=1S/C16H14ClNO2/c1-20-15-6-5-10(9-13(15)17)16(19)12-3-2-4-14-11(12)7-8-18-14/h2-9,16,18-19H,1H3. The van der Waals surface area contributed by atoms with Crippen LogP contribution in [0.4, 0.5) is 0 Å². The lowest BCUT2D eigenvalue weighted by molar-refractivity contribution is 0.222. The van der Waals surface area contributed by atoms with Gasteiger partial charge in [-0.05, 0) is 35.4 Å². The van der Waals surface area contributed by atoms with E-state index in [-0.39, 0.29) is 0 Å². The summed E-state index contributed by atoms with van der Waals surface area (Å²) in [5.41, 5.74) is 2.59. The summed E-state index contributed by atoms with van der Waals surface area (Å²) in [6, 6.07) is 13.1. The molecule has 1 unspecified atom stereocenters. The molecule has 2 aromatic carbocycles. The molecule has 0 aliphatic carbocycles. The minimum absolute atomic E-state index is 0.491. The van der Waals surface area contributed by atoms with Gasteiger partial charge in [-0.25, -0.2) is 0 Å². The third-order valence-corrected chi connectivity index (χ3v) is 3.71. The van der Waals surface area contributed by atoms with Crippen molar-refractivity contribution in [2.45, 2.75) is 6.10 Å². The van der Waals surface area contributed by atoms with Gasteiger partial charge in [0.1, 0.15) is 11.9 Å². The number of methoxy groups -OCH3 is 1. The van der Waals surface area contributed by atoms with E-state index in [1.807, 2.05) is 36.5 Å². The first-order valence-electron chi connectivity index (χ1n) is 6.28. The van der Waals surface area contributed by atoms with Gasteiger partial charge in [-0.15, -0.1) is 0 Å². The third kappa shape index (κ3) is 2.15. The topological polar surface area (TPSA) is 45.2 Å². The van der Waals surface area contributed by atoms with Crippen molar-refractivity contribution in [3.05, 3.63) is 64.8 Å². The van der Waals surface area contributed by atoms with Crippen molar-refractivity contribution in [3.63, 3.8) is 0 Å². The quantitative estimate of drug-likeness (QED) is 0.767. The van der Waals surface area contributed by atoms with Crippen LogP contribution in [0.2, 0.25) is 5.02 Å². The number of fused-ring (bicyclic) bond motifs is 1. The largest absolute Gasteiger partial charge is 0.495 e. The Hall–Kier alpha value is -1.97. The predicted molar refractivity (Wildman–Crippen MR) is 80.4 cm³/mol. The number of halogens is 1. The monoisotopic (exact) mass is 287 g/mol. The van der Waals surface area contributed by atoms with Crippen LogP contribution in [0.25, 0.3) is 10.9 Å². The number of aromatic amines is 1. The second-order valence-electron chi connectivity index (χ2n) is 4.58. The number of hydrogen-bond donors (Lipinski definition) is 2. The molecule has 0 spiro atoms. The van der Waals surface area contributed by atoms with Gasteiger partial charge in [-0.1, -0.05) is 29.8 Å². The summed E-state index contributed by atoms with van der Waals surface area (Å²) in [6.45, 7) is 0. The Morgan fingerprint density at radius 3 is 2.80 bits per heavy atom. The van der Waals surface area contributed by atoms with Gasteiger partial charge in [0.2, 0.25) is 0 Å². The minimum Gasteiger partial charge on any atom is -0.495 e. The first-order chi connectivity index (χ1) is 9.70. The van der Waals surface area contributed by atoms with Crippen LogP contribution in [0.5, 0.6) is 5.75 Å². The molecule has 0 saturated heterocycles. The fourth-order valence-corrected chi connectivity index (χ4v) is 2.65. The Morgan fingerprint density at radius 1 is 1.20 bits per heavy atom. The summed E-state index contributed by atoms with van der Waals surface area (Å²) in [4.78, 5) is 3.14. The van der Waals surface area contributed by atoms with Gasteiger partial charge < -0.3 is 14.8 Å². The fourth-order valence-electron chi connectivity index (χ4n) is 2.38. The van der Waals surface area contributed by atoms with Crippen LogP contribution in [0.1, 0.15) is 17.2 Å². The fraction of sp³-hybridized carbons (Fsp3) is 0.125. The smallest absolute Gasteiger partial charge is 0.137 e. The Labute approximate surface area is 121 Å². The van der Waals surface area contributed by atoms with Crippen molar-refractivity contribution in [2.75, 3.05) is 7.11 Å². The molecule has 3 rings (SSSR count). The number of H-pyrrole nitrogens is 1. The number of aliphatic hydroxyl groups is 1. The van der Waals surface area contributed by atoms with Gasteiger partial charge in [0.15, 0.2) is 0 Å². The summed E-state index contributed by atoms with van der Waals surface area (Å²) >= 11 is 6.12. The number of aromatic nitrogens is 1. The molecule has 4 heteroatoms. The predicted octanol–water partition coefficient (Wildman–Crippen LogP) is 3.91. The molecule has 20 heavy (non-hydrogen) atoms. The minimum atomic E-state index is -0.724.